The molecule has 3 aromatic heterocycles. The molecule has 204 valence electrons. The number of rotatable bonds is 10. The van der Waals surface area contributed by atoms with Gasteiger partial charge in [0.25, 0.3) is 0 Å². The largest absolute Gasteiger partial charge is 0.365 e. The number of Topliss-reactive ketones (excluding diaryl/α,β-unsaturated/α-hetero) is 1. The molecule has 0 radical (unpaired) electrons. The van der Waals surface area contributed by atoms with Crippen LogP contribution >= 0.6 is 0 Å². The van der Waals surface area contributed by atoms with Gasteiger partial charge in [-0.2, -0.15) is 10.4 Å². The number of ketones is 1. The number of aryl methyl sites for hydroxylation is 1. The number of carbonyl (C=O) groups excluding carboxylic acids is 1. The molecule has 0 aliphatic carbocycles. The van der Waals surface area contributed by atoms with E-state index in [-0.39, 0.29) is 23.9 Å². The van der Waals surface area contributed by atoms with Gasteiger partial charge in [-0.15, -0.1) is 0 Å². The van der Waals surface area contributed by atoms with Crippen LogP contribution < -0.4 is 10.6 Å². The zero-order chi connectivity index (χ0) is 28.8. The highest BCUT2D eigenvalue weighted by Gasteiger charge is 2.18. The summed E-state index contributed by atoms with van der Waals surface area (Å²) in [5, 5.41) is 19.9. The first kappa shape index (κ1) is 27.1. The van der Waals surface area contributed by atoms with Gasteiger partial charge in [-0.3, -0.25) is 9.48 Å². The van der Waals surface area contributed by atoms with E-state index in [9.17, 15) is 14.4 Å². The van der Waals surface area contributed by atoms with Crippen LogP contribution in [0.1, 0.15) is 46.3 Å². The number of hydrogen-bond donors (Lipinski definition) is 2. The third kappa shape index (κ3) is 6.78. The highest BCUT2D eigenvalue weighted by atomic mass is 19.1. The molecule has 0 spiro atoms. The molecule has 1 atom stereocenters. The molecule has 0 aliphatic rings. The van der Waals surface area contributed by atoms with Crippen LogP contribution in [0, 0.1) is 17.1 Å². The van der Waals surface area contributed by atoms with Crippen molar-refractivity contribution in [3.8, 4) is 17.2 Å². The first-order chi connectivity index (χ1) is 19.9. The first-order valence-electron chi connectivity index (χ1n) is 13.0. The lowest BCUT2D eigenvalue weighted by atomic mass is 9.93. The fourth-order valence-corrected chi connectivity index (χ4v) is 4.32. The minimum absolute atomic E-state index is 0.127. The van der Waals surface area contributed by atoms with Crippen LogP contribution in [0.25, 0.3) is 11.1 Å². The summed E-state index contributed by atoms with van der Waals surface area (Å²) >= 11 is 0. The Balaban J connectivity index is 1.24. The number of nitrogens with one attached hydrogen (secondary N) is 2. The second-order valence-corrected chi connectivity index (χ2v) is 9.66. The maximum Gasteiger partial charge on any atom is 0.228 e. The van der Waals surface area contributed by atoms with Crippen LogP contribution in [-0.4, -0.2) is 30.5 Å². The van der Waals surface area contributed by atoms with Gasteiger partial charge in [0.1, 0.15) is 17.7 Å². The monoisotopic (exact) mass is 546 g/mol. The van der Waals surface area contributed by atoms with E-state index in [0.717, 1.165) is 22.3 Å². The van der Waals surface area contributed by atoms with Crippen molar-refractivity contribution in [3.05, 3.63) is 114 Å². The van der Waals surface area contributed by atoms with Gasteiger partial charge >= 0.3 is 0 Å². The predicted octanol–water partition coefficient (Wildman–Crippen LogP) is 6.02. The summed E-state index contributed by atoms with van der Waals surface area (Å²) in [5.41, 5.74) is 4.33. The topological polar surface area (TPSA) is 121 Å². The average molecular weight is 547 g/mol. The molecule has 0 amide bonds. The molecule has 41 heavy (non-hydrogen) atoms. The number of pyridine rings is 1. The second kappa shape index (κ2) is 12.2. The van der Waals surface area contributed by atoms with Gasteiger partial charge in [0.2, 0.25) is 5.95 Å². The van der Waals surface area contributed by atoms with E-state index in [1.165, 1.54) is 18.3 Å². The van der Waals surface area contributed by atoms with Crippen LogP contribution in [0.5, 0.6) is 0 Å². The summed E-state index contributed by atoms with van der Waals surface area (Å²) in [4.78, 5) is 26.3. The number of benzene rings is 2. The molecular formula is C31H27FN8O. The molecule has 3 heterocycles. The Morgan fingerprint density at radius 1 is 1.00 bits per heavy atom. The third-order valence-electron chi connectivity index (χ3n) is 6.60. The number of anilines is 3. The molecule has 2 aromatic carbocycles. The van der Waals surface area contributed by atoms with Crippen LogP contribution in [-0.2, 0) is 13.6 Å². The van der Waals surface area contributed by atoms with Crippen molar-refractivity contribution in [1.82, 2.24) is 24.7 Å². The van der Waals surface area contributed by atoms with E-state index < -0.39 is 0 Å². The fourth-order valence-electron chi connectivity index (χ4n) is 4.32. The number of carbonyl (C=O) groups is 1. The van der Waals surface area contributed by atoms with Gasteiger partial charge in [-0.1, -0.05) is 43.3 Å². The lowest BCUT2D eigenvalue weighted by molar-refractivity contribution is 0.0976. The Labute approximate surface area is 236 Å². The van der Waals surface area contributed by atoms with Crippen molar-refractivity contribution >= 4 is 23.4 Å². The highest BCUT2D eigenvalue weighted by Crippen LogP contribution is 2.25. The number of nitrogens with zero attached hydrogens (tertiary/aromatic N) is 6. The van der Waals surface area contributed by atoms with Gasteiger partial charge < -0.3 is 10.6 Å². The number of aromatic nitrogens is 5. The molecule has 0 bridgehead atoms. The number of halogens is 1. The second-order valence-electron chi connectivity index (χ2n) is 9.66. The van der Waals surface area contributed by atoms with Gasteiger partial charge in [0.05, 0.1) is 11.1 Å². The van der Waals surface area contributed by atoms with Crippen molar-refractivity contribution in [3.63, 3.8) is 0 Å². The quantitative estimate of drug-likeness (QED) is 0.204. The minimum atomic E-state index is -0.321. The standard InChI is InChI=1S/C31H27FN8O/c1-20(23-7-9-26(32)10-8-23)13-28(41)27-14-22(15-33)17-35-30(27)34-16-21-3-5-24(6-4-21)25-18-36-31(37-19-25)38-29-11-12-40(2)39-29/h3-12,14,17-20H,13,16H2,1-2H3,(H,34,35)(H,36,37,38,39)/t20-/m1/s1. The van der Waals surface area contributed by atoms with Gasteiger partial charge in [-0.25, -0.2) is 19.3 Å². The van der Waals surface area contributed by atoms with E-state index in [4.69, 9.17) is 0 Å². The van der Waals surface area contributed by atoms with E-state index in [2.05, 4.69) is 36.8 Å². The SMILES string of the molecule is C[C@H](CC(=O)c1cc(C#N)cnc1NCc1ccc(-c2cnc(Nc3ccn(C)n3)nc2)cc1)c1ccc(F)cc1. The van der Waals surface area contributed by atoms with Crippen LogP contribution in [0.15, 0.2) is 85.5 Å². The van der Waals surface area contributed by atoms with Gasteiger partial charge in [0, 0.05) is 56.4 Å². The summed E-state index contributed by atoms with van der Waals surface area (Å²) in [7, 11) is 1.84. The van der Waals surface area contributed by atoms with E-state index in [1.54, 1.807) is 35.3 Å². The predicted molar refractivity (Wildman–Crippen MR) is 154 cm³/mol. The molecule has 5 rings (SSSR count). The van der Waals surface area contributed by atoms with Crippen molar-refractivity contribution < 1.29 is 9.18 Å². The minimum Gasteiger partial charge on any atom is -0.365 e. The highest BCUT2D eigenvalue weighted by molar-refractivity contribution is 6.01. The molecule has 0 saturated carbocycles. The van der Waals surface area contributed by atoms with E-state index >= 15 is 0 Å². The summed E-state index contributed by atoms with van der Waals surface area (Å²) < 4.78 is 15.0. The first-order valence-corrected chi connectivity index (χ1v) is 13.0. The molecular weight excluding hydrogens is 519 g/mol. The van der Waals surface area contributed by atoms with E-state index in [0.29, 0.717) is 35.3 Å². The van der Waals surface area contributed by atoms with Crippen molar-refractivity contribution in [2.75, 3.05) is 10.6 Å². The van der Waals surface area contributed by atoms with Crippen molar-refractivity contribution in [1.29, 1.82) is 5.26 Å². The third-order valence-corrected chi connectivity index (χ3v) is 6.60. The molecule has 0 fully saturated rings. The molecule has 5 aromatic rings. The Kier molecular flexibility index (Phi) is 8.06. The summed E-state index contributed by atoms with van der Waals surface area (Å²) in [5.74, 6) is 0.941. The molecule has 0 unspecified atom stereocenters. The lowest BCUT2D eigenvalue weighted by Gasteiger charge is -2.14. The van der Waals surface area contributed by atoms with Crippen LogP contribution in [0.3, 0.4) is 0 Å². The smallest absolute Gasteiger partial charge is 0.228 e. The number of hydrogen-bond acceptors (Lipinski definition) is 8. The summed E-state index contributed by atoms with van der Waals surface area (Å²) in [6, 6.07) is 19.5. The Morgan fingerprint density at radius 2 is 1.73 bits per heavy atom. The van der Waals surface area contributed by atoms with Gasteiger partial charge in [0.15, 0.2) is 11.6 Å². The van der Waals surface area contributed by atoms with Crippen molar-refractivity contribution in [2.24, 2.45) is 7.05 Å². The zero-order valence-corrected chi connectivity index (χ0v) is 22.5. The summed E-state index contributed by atoms with van der Waals surface area (Å²) in [6.45, 7) is 2.34. The fraction of sp³-hybridized carbons (Fsp3) is 0.161. The molecule has 10 heteroatoms. The molecule has 9 nitrogen and oxygen atoms in total. The summed E-state index contributed by atoms with van der Waals surface area (Å²) in [6.07, 6.45) is 6.97. The Morgan fingerprint density at radius 3 is 2.39 bits per heavy atom. The van der Waals surface area contributed by atoms with Gasteiger partial charge in [-0.05, 0) is 40.8 Å². The maximum absolute atomic E-state index is 13.3. The Bertz CT molecular complexity index is 1690. The molecule has 0 aliphatic heterocycles. The maximum atomic E-state index is 13.3. The Hall–Kier alpha value is -5.43. The number of nitriles is 1. The van der Waals surface area contributed by atoms with Crippen LogP contribution in [0.4, 0.5) is 22.0 Å². The average Bonchev–Trinajstić information content (AvgIpc) is 3.41. The molecule has 2 N–H and O–H groups in total. The molecule has 0 saturated heterocycles. The normalized spacial score (nSPS) is 11.5. The van der Waals surface area contributed by atoms with Crippen LogP contribution in [0.2, 0.25) is 0 Å². The lowest BCUT2D eigenvalue weighted by Crippen LogP contribution is -2.11. The van der Waals surface area contributed by atoms with E-state index in [1.807, 2.05) is 50.5 Å². The zero-order valence-electron chi connectivity index (χ0n) is 22.5. The van der Waals surface area contributed by atoms with Crippen molar-refractivity contribution in [2.45, 2.75) is 25.8 Å².